The highest BCUT2D eigenvalue weighted by Gasteiger charge is 2.31. The van der Waals surface area contributed by atoms with E-state index in [1.807, 2.05) is 0 Å². The van der Waals surface area contributed by atoms with Gasteiger partial charge in [0.1, 0.15) is 5.75 Å². The summed E-state index contributed by atoms with van der Waals surface area (Å²) in [6.07, 6.45) is 5.37. The lowest BCUT2D eigenvalue weighted by atomic mass is 9.95. The molecule has 1 saturated carbocycles. The van der Waals surface area contributed by atoms with E-state index in [0.717, 1.165) is 45.3 Å². The van der Waals surface area contributed by atoms with E-state index in [1.54, 1.807) is 6.07 Å². The number of methoxy groups -OCH3 is 1. The number of nitrogens with one attached hydrogen (secondary N) is 2. The third-order valence-electron chi connectivity index (χ3n) is 5.92. The van der Waals surface area contributed by atoms with Crippen molar-refractivity contribution in [3.63, 3.8) is 0 Å². The molecule has 2 fully saturated rings. The first-order chi connectivity index (χ1) is 13.5. The van der Waals surface area contributed by atoms with Gasteiger partial charge in [-0.3, -0.25) is 4.79 Å². The number of hydrogen-bond donors (Lipinski definition) is 2. The number of benzene rings is 1. The van der Waals surface area contributed by atoms with Crippen molar-refractivity contribution in [1.82, 2.24) is 9.62 Å². The van der Waals surface area contributed by atoms with E-state index < -0.39 is 10.0 Å². The maximum absolute atomic E-state index is 13.1. The van der Waals surface area contributed by atoms with Gasteiger partial charge < -0.3 is 15.0 Å². The van der Waals surface area contributed by atoms with Crippen LogP contribution in [0.25, 0.3) is 0 Å². The molecule has 1 saturated heterocycles. The van der Waals surface area contributed by atoms with Crippen LogP contribution in [0, 0.1) is 0 Å². The second-order valence-corrected chi connectivity index (χ2v) is 9.62. The first-order valence-electron chi connectivity index (χ1n) is 10.3. The van der Waals surface area contributed by atoms with Crippen molar-refractivity contribution in [1.29, 1.82) is 0 Å². The highest BCUT2D eigenvalue weighted by molar-refractivity contribution is 7.89. The van der Waals surface area contributed by atoms with Crippen molar-refractivity contribution < 1.29 is 22.8 Å². The minimum atomic E-state index is -3.62. The molecule has 1 heterocycles. The number of amides is 1. The topological polar surface area (TPSA) is 80.2 Å². The molecular weight excluding hydrogens is 378 g/mol. The van der Waals surface area contributed by atoms with Gasteiger partial charge in [0, 0.05) is 6.04 Å². The average molecular weight is 411 g/mol. The lowest BCUT2D eigenvalue weighted by molar-refractivity contribution is -0.901. The Bertz CT molecular complexity index is 783. The summed E-state index contributed by atoms with van der Waals surface area (Å²) in [6.45, 7) is 5.73. The molecule has 1 amide bonds. The summed E-state index contributed by atoms with van der Waals surface area (Å²) in [4.78, 5) is 14.4. The number of quaternary nitrogens is 1. The number of carbonyl (C=O) groups is 1. The van der Waals surface area contributed by atoms with Crippen molar-refractivity contribution in [2.45, 2.75) is 50.0 Å². The number of piperazine rings is 1. The summed E-state index contributed by atoms with van der Waals surface area (Å²) >= 11 is 0. The van der Waals surface area contributed by atoms with E-state index in [2.05, 4.69) is 12.2 Å². The van der Waals surface area contributed by atoms with E-state index >= 15 is 0 Å². The number of nitrogens with zero attached hydrogens (tertiary/aromatic N) is 1. The molecule has 0 unspecified atom stereocenters. The zero-order valence-electron chi connectivity index (χ0n) is 16.9. The van der Waals surface area contributed by atoms with Crippen LogP contribution in [0.15, 0.2) is 23.1 Å². The van der Waals surface area contributed by atoms with Crippen LogP contribution >= 0.6 is 0 Å². The standard InChI is InChI=1S/C20H31N3O4S/c1-3-22-11-13-23(14-12-22)28(25,26)17-9-10-19(27-2)18(15-17)20(24)21-16-7-5-4-6-8-16/h9-10,15-16H,3-8,11-14H2,1-2H3,(H,21,24)/p+1. The monoisotopic (exact) mass is 410 g/mol. The molecule has 7 nitrogen and oxygen atoms in total. The van der Waals surface area contributed by atoms with Gasteiger partial charge in [-0.2, -0.15) is 4.31 Å². The average Bonchev–Trinajstić information content (AvgIpc) is 2.74. The maximum atomic E-state index is 13.1. The van der Waals surface area contributed by atoms with Crippen LogP contribution < -0.4 is 15.0 Å². The van der Waals surface area contributed by atoms with E-state index in [-0.39, 0.29) is 22.4 Å². The SMILES string of the molecule is CC[NH+]1CCN(S(=O)(=O)c2ccc(OC)c(C(=O)NC3CCCCC3)c2)CC1. The minimum absolute atomic E-state index is 0.149. The number of hydrogen-bond acceptors (Lipinski definition) is 4. The largest absolute Gasteiger partial charge is 0.496 e. The molecule has 0 aromatic heterocycles. The fourth-order valence-electron chi connectivity index (χ4n) is 4.08. The summed E-state index contributed by atoms with van der Waals surface area (Å²) in [5, 5.41) is 3.05. The lowest BCUT2D eigenvalue weighted by Gasteiger charge is -2.31. The quantitative estimate of drug-likeness (QED) is 0.722. The Balaban J connectivity index is 1.80. The predicted octanol–water partition coefficient (Wildman–Crippen LogP) is 0.667. The van der Waals surface area contributed by atoms with Gasteiger partial charge in [-0.15, -0.1) is 0 Å². The Labute approximate surface area is 168 Å². The van der Waals surface area contributed by atoms with Gasteiger partial charge in [0.2, 0.25) is 10.0 Å². The Morgan fingerprint density at radius 3 is 2.50 bits per heavy atom. The van der Waals surface area contributed by atoms with Crippen molar-refractivity contribution in [3.8, 4) is 5.75 Å². The molecule has 1 aliphatic carbocycles. The van der Waals surface area contributed by atoms with E-state index in [9.17, 15) is 13.2 Å². The van der Waals surface area contributed by atoms with Gasteiger partial charge in [-0.25, -0.2) is 8.42 Å². The molecule has 28 heavy (non-hydrogen) atoms. The van der Waals surface area contributed by atoms with E-state index in [1.165, 1.54) is 34.9 Å². The molecule has 0 spiro atoms. The number of ether oxygens (including phenoxy) is 1. The molecular formula is C20H32N3O4S+. The fourth-order valence-corrected chi connectivity index (χ4v) is 5.55. The fraction of sp³-hybridized carbons (Fsp3) is 0.650. The number of sulfonamides is 1. The molecule has 156 valence electrons. The van der Waals surface area contributed by atoms with Crippen LogP contribution in [0.2, 0.25) is 0 Å². The number of carbonyl (C=O) groups excluding carboxylic acids is 1. The molecule has 3 rings (SSSR count). The van der Waals surface area contributed by atoms with Gasteiger partial charge in [-0.05, 0) is 38.0 Å². The summed E-state index contributed by atoms with van der Waals surface area (Å²) < 4.78 is 33.0. The normalized spacial score (nSPS) is 20.1. The van der Waals surface area contributed by atoms with Gasteiger partial charge in [0.25, 0.3) is 5.91 Å². The van der Waals surface area contributed by atoms with E-state index in [4.69, 9.17) is 4.74 Å². The highest BCUT2D eigenvalue weighted by Crippen LogP contribution is 2.26. The van der Waals surface area contributed by atoms with Crippen LogP contribution in [0.4, 0.5) is 0 Å². The molecule has 2 N–H and O–H groups in total. The maximum Gasteiger partial charge on any atom is 0.255 e. The zero-order chi connectivity index (χ0) is 20.1. The van der Waals surface area contributed by atoms with Gasteiger partial charge in [0.15, 0.2) is 0 Å². The van der Waals surface area contributed by atoms with Crippen molar-refractivity contribution in [3.05, 3.63) is 23.8 Å². The molecule has 1 aromatic rings. The smallest absolute Gasteiger partial charge is 0.255 e. The molecule has 2 aliphatic rings. The molecule has 0 bridgehead atoms. The Morgan fingerprint density at radius 1 is 1.21 bits per heavy atom. The third-order valence-corrected chi connectivity index (χ3v) is 7.82. The Hall–Kier alpha value is -1.64. The first kappa shape index (κ1) is 21.1. The highest BCUT2D eigenvalue weighted by atomic mass is 32.2. The van der Waals surface area contributed by atoms with Gasteiger partial charge in [0.05, 0.1) is 50.3 Å². The summed E-state index contributed by atoms with van der Waals surface area (Å²) in [6, 6.07) is 4.72. The molecule has 1 aromatic carbocycles. The Morgan fingerprint density at radius 2 is 1.89 bits per heavy atom. The van der Waals surface area contributed by atoms with Crippen LogP contribution in [0.5, 0.6) is 5.75 Å². The third kappa shape index (κ3) is 4.67. The van der Waals surface area contributed by atoms with Crippen LogP contribution in [-0.2, 0) is 10.0 Å². The zero-order valence-corrected chi connectivity index (χ0v) is 17.7. The van der Waals surface area contributed by atoms with Crippen LogP contribution in [0.1, 0.15) is 49.4 Å². The number of rotatable bonds is 6. The predicted molar refractivity (Wildman–Crippen MR) is 107 cm³/mol. The summed E-state index contributed by atoms with van der Waals surface area (Å²) in [5.74, 6) is 0.133. The number of likely N-dealkylation sites (N-methyl/N-ethyl adjacent to an activating group) is 1. The second-order valence-electron chi connectivity index (χ2n) is 7.68. The van der Waals surface area contributed by atoms with Gasteiger partial charge >= 0.3 is 0 Å². The van der Waals surface area contributed by atoms with Crippen LogP contribution in [0.3, 0.4) is 0 Å². The summed E-state index contributed by atoms with van der Waals surface area (Å²) in [5.41, 5.74) is 0.284. The summed E-state index contributed by atoms with van der Waals surface area (Å²) in [7, 11) is -2.13. The van der Waals surface area contributed by atoms with Crippen LogP contribution in [-0.4, -0.2) is 64.5 Å². The van der Waals surface area contributed by atoms with E-state index in [0.29, 0.717) is 18.8 Å². The first-order valence-corrected chi connectivity index (χ1v) is 11.7. The van der Waals surface area contributed by atoms with Gasteiger partial charge in [-0.1, -0.05) is 19.3 Å². The molecule has 8 heteroatoms. The van der Waals surface area contributed by atoms with Crippen molar-refractivity contribution in [2.75, 3.05) is 39.8 Å². The Kier molecular flexibility index (Phi) is 6.95. The molecule has 1 aliphatic heterocycles. The molecule has 0 radical (unpaired) electrons. The lowest BCUT2D eigenvalue weighted by Crippen LogP contribution is -3.14. The molecule has 0 atom stereocenters. The minimum Gasteiger partial charge on any atom is -0.496 e. The second kappa shape index (κ2) is 9.24. The van der Waals surface area contributed by atoms with Crippen molar-refractivity contribution >= 4 is 15.9 Å². The van der Waals surface area contributed by atoms with Crippen molar-refractivity contribution in [2.24, 2.45) is 0 Å².